The molecule has 1 amide bonds. The molecule has 1 aromatic carbocycles. The molecule has 0 aliphatic carbocycles. The standard InChI is InChI=1S/C11H13N3O3S/c1-6-5-18(16,17)9-4-7(2-3-8(6)9)10(15)14-11(12)13/h2-4,6H,5H2,1H3,(H4,12,13,14,15). The van der Waals surface area contributed by atoms with E-state index < -0.39 is 15.7 Å². The van der Waals surface area contributed by atoms with Crippen LogP contribution in [0.5, 0.6) is 0 Å². The monoisotopic (exact) mass is 267 g/mol. The number of guanidine groups is 1. The van der Waals surface area contributed by atoms with E-state index in [1.807, 2.05) is 6.92 Å². The molecule has 96 valence electrons. The first-order valence-electron chi connectivity index (χ1n) is 5.32. The Labute approximate surface area is 105 Å². The minimum absolute atomic E-state index is 0.0581. The van der Waals surface area contributed by atoms with Crippen LogP contribution in [-0.2, 0) is 9.84 Å². The van der Waals surface area contributed by atoms with Gasteiger partial charge in [0.25, 0.3) is 5.91 Å². The quantitative estimate of drug-likeness (QED) is 0.548. The molecule has 0 fully saturated rings. The van der Waals surface area contributed by atoms with Crippen LogP contribution in [0, 0.1) is 0 Å². The number of hydrogen-bond donors (Lipinski definition) is 2. The first kappa shape index (κ1) is 12.6. The molecular weight excluding hydrogens is 254 g/mol. The number of rotatable bonds is 1. The van der Waals surface area contributed by atoms with E-state index in [1.165, 1.54) is 12.1 Å². The SMILES string of the molecule is CC1CS(=O)(=O)c2cc(C(=O)N=C(N)N)ccc21. The Morgan fingerprint density at radius 1 is 1.39 bits per heavy atom. The third-order valence-corrected chi connectivity index (χ3v) is 4.79. The summed E-state index contributed by atoms with van der Waals surface area (Å²) in [5.74, 6) is -0.982. The minimum Gasteiger partial charge on any atom is -0.370 e. The maximum atomic E-state index is 11.9. The summed E-state index contributed by atoms with van der Waals surface area (Å²) in [6, 6.07) is 4.51. The van der Waals surface area contributed by atoms with Gasteiger partial charge in [-0.15, -0.1) is 0 Å². The Kier molecular flexibility index (Phi) is 2.86. The average molecular weight is 267 g/mol. The molecule has 1 heterocycles. The molecule has 1 atom stereocenters. The van der Waals surface area contributed by atoms with Crippen LogP contribution in [-0.4, -0.2) is 26.0 Å². The second-order valence-corrected chi connectivity index (χ2v) is 6.28. The van der Waals surface area contributed by atoms with Crippen LogP contribution in [0.2, 0.25) is 0 Å². The van der Waals surface area contributed by atoms with Crippen molar-refractivity contribution in [1.29, 1.82) is 0 Å². The van der Waals surface area contributed by atoms with Gasteiger partial charge in [0.15, 0.2) is 15.8 Å². The summed E-state index contributed by atoms with van der Waals surface area (Å²) in [6.45, 7) is 1.83. The van der Waals surface area contributed by atoms with Gasteiger partial charge in [0.05, 0.1) is 10.6 Å². The van der Waals surface area contributed by atoms with Crippen LogP contribution < -0.4 is 11.5 Å². The fraction of sp³-hybridized carbons (Fsp3) is 0.273. The number of nitrogens with two attached hydrogens (primary N) is 2. The summed E-state index contributed by atoms with van der Waals surface area (Å²) >= 11 is 0. The average Bonchev–Trinajstić information content (AvgIpc) is 2.48. The summed E-state index contributed by atoms with van der Waals surface area (Å²) < 4.78 is 23.7. The third-order valence-electron chi connectivity index (χ3n) is 2.83. The predicted octanol–water partition coefficient (Wildman–Crippen LogP) is -0.00900. The van der Waals surface area contributed by atoms with Gasteiger partial charge >= 0.3 is 0 Å². The van der Waals surface area contributed by atoms with Gasteiger partial charge in [-0.3, -0.25) is 4.79 Å². The van der Waals surface area contributed by atoms with E-state index in [0.29, 0.717) is 0 Å². The molecule has 0 radical (unpaired) electrons. The minimum atomic E-state index is -3.30. The first-order chi connectivity index (χ1) is 8.31. The number of benzene rings is 1. The van der Waals surface area contributed by atoms with E-state index in [2.05, 4.69) is 4.99 Å². The summed E-state index contributed by atoms with van der Waals surface area (Å²) in [6.07, 6.45) is 0. The summed E-state index contributed by atoms with van der Waals surface area (Å²) in [7, 11) is -3.30. The lowest BCUT2D eigenvalue weighted by atomic mass is 10.0. The van der Waals surface area contributed by atoms with E-state index in [1.54, 1.807) is 6.07 Å². The zero-order chi connectivity index (χ0) is 13.5. The van der Waals surface area contributed by atoms with Gasteiger partial charge < -0.3 is 11.5 Å². The second-order valence-electron chi connectivity index (χ2n) is 4.28. The number of nitrogens with zero attached hydrogens (tertiary/aromatic N) is 1. The molecule has 1 aromatic rings. The Bertz CT molecular complexity index is 645. The molecule has 0 aromatic heterocycles. The van der Waals surface area contributed by atoms with Crippen LogP contribution in [0.1, 0.15) is 28.8 Å². The fourth-order valence-corrected chi connectivity index (χ4v) is 3.99. The Hall–Kier alpha value is -1.89. The predicted molar refractivity (Wildman–Crippen MR) is 67.1 cm³/mol. The number of amides is 1. The largest absolute Gasteiger partial charge is 0.370 e. The second kappa shape index (κ2) is 4.09. The van der Waals surface area contributed by atoms with Crippen molar-refractivity contribution < 1.29 is 13.2 Å². The summed E-state index contributed by atoms with van der Waals surface area (Å²) in [4.78, 5) is 15.2. The molecular formula is C11H13N3O3S. The molecule has 0 saturated heterocycles. The number of carbonyl (C=O) groups is 1. The van der Waals surface area contributed by atoms with Crippen molar-refractivity contribution in [3.8, 4) is 0 Å². The number of hydrogen-bond acceptors (Lipinski definition) is 3. The van der Waals surface area contributed by atoms with Crippen molar-refractivity contribution in [2.75, 3.05) is 5.75 Å². The Balaban J connectivity index is 2.52. The number of fused-ring (bicyclic) bond motifs is 1. The van der Waals surface area contributed by atoms with Crippen molar-refractivity contribution >= 4 is 21.7 Å². The van der Waals surface area contributed by atoms with E-state index in [9.17, 15) is 13.2 Å². The molecule has 0 bridgehead atoms. The third kappa shape index (κ3) is 2.08. The number of aliphatic imine (C=N–C) groups is 1. The van der Waals surface area contributed by atoms with E-state index in [-0.39, 0.29) is 28.1 Å². The zero-order valence-electron chi connectivity index (χ0n) is 9.75. The van der Waals surface area contributed by atoms with E-state index >= 15 is 0 Å². The van der Waals surface area contributed by atoms with Gasteiger partial charge in [-0.05, 0) is 23.6 Å². The van der Waals surface area contributed by atoms with Gasteiger partial charge in [0, 0.05) is 5.56 Å². The highest BCUT2D eigenvalue weighted by atomic mass is 32.2. The molecule has 1 aliphatic heterocycles. The molecule has 7 heteroatoms. The first-order valence-corrected chi connectivity index (χ1v) is 6.97. The molecule has 1 unspecified atom stereocenters. The number of carbonyl (C=O) groups excluding carboxylic acids is 1. The van der Waals surface area contributed by atoms with Gasteiger partial charge in [0.2, 0.25) is 0 Å². The van der Waals surface area contributed by atoms with Crippen LogP contribution in [0.3, 0.4) is 0 Å². The fourth-order valence-electron chi connectivity index (χ4n) is 2.03. The van der Waals surface area contributed by atoms with Crippen LogP contribution in [0.4, 0.5) is 0 Å². The van der Waals surface area contributed by atoms with Crippen molar-refractivity contribution in [1.82, 2.24) is 0 Å². The van der Waals surface area contributed by atoms with Gasteiger partial charge in [-0.25, -0.2) is 8.42 Å². The summed E-state index contributed by atoms with van der Waals surface area (Å²) in [5, 5.41) is 0. The highest BCUT2D eigenvalue weighted by molar-refractivity contribution is 7.91. The molecule has 0 saturated carbocycles. The van der Waals surface area contributed by atoms with Crippen LogP contribution >= 0.6 is 0 Å². The van der Waals surface area contributed by atoms with Crippen LogP contribution in [0.25, 0.3) is 0 Å². The molecule has 2 rings (SSSR count). The topological polar surface area (TPSA) is 116 Å². The van der Waals surface area contributed by atoms with Gasteiger partial charge in [0.1, 0.15) is 0 Å². The molecule has 4 N–H and O–H groups in total. The van der Waals surface area contributed by atoms with Crippen molar-refractivity contribution in [2.24, 2.45) is 16.5 Å². The lowest BCUT2D eigenvalue weighted by Crippen LogP contribution is -2.24. The van der Waals surface area contributed by atoms with Gasteiger partial charge in [-0.2, -0.15) is 4.99 Å². The molecule has 0 spiro atoms. The lowest BCUT2D eigenvalue weighted by molar-refractivity contribution is 0.100. The Morgan fingerprint density at radius 3 is 2.67 bits per heavy atom. The zero-order valence-corrected chi connectivity index (χ0v) is 10.6. The smallest absolute Gasteiger partial charge is 0.280 e. The van der Waals surface area contributed by atoms with Gasteiger partial charge in [-0.1, -0.05) is 13.0 Å². The lowest BCUT2D eigenvalue weighted by Gasteiger charge is -2.03. The molecule has 6 nitrogen and oxygen atoms in total. The van der Waals surface area contributed by atoms with Crippen molar-refractivity contribution in [3.63, 3.8) is 0 Å². The summed E-state index contributed by atoms with van der Waals surface area (Å²) in [5.41, 5.74) is 11.1. The highest BCUT2D eigenvalue weighted by Crippen LogP contribution is 2.35. The van der Waals surface area contributed by atoms with E-state index in [4.69, 9.17) is 11.5 Å². The van der Waals surface area contributed by atoms with Crippen molar-refractivity contribution in [3.05, 3.63) is 29.3 Å². The maximum Gasteiger partial charge on any atom is 0.280 e. The van der Waals surface area contributed by atoms with Crippen molar-refractivity contribution in [2.45, 2.75) is 17.7 Å². The number of sulfone groups is 1. The molecule has 1 aliphatic rings. The van der Waals surface area contributed by atoms with Crippen LogP contribution in [0.15, 0.2) is 28.1 Å². The van der Waals surface area contributed by atoms with E-state index in [0.717, 1.165) is 5.56 Å². The highest BCUT2D eigenvalue weighted by Gasteiger charge is 2.32. The normalized spacial score (nSPS) is 20.2. The molecule has 18 heavy (non-hydrogen) atoms. The Morgan fingerprint density at radius 2 is 2.06 bits per heavy atom. The maximum absolute atomic E-state index is 11.9.